The minimum absolute atomic E-state index is 0.599. The average molecular weight is 267 g/mol. The molecule has 18 heavy (non-hydrogen) atoms. The number of aryl methyl sites for hydroxylation is 1. The third-order valence-electron chi connectivity index (χ3n) is 3.71. The molecular weight excluding hydrogens is 242 g/mol. The molecule has 1 fully saturated rings. The highest BCUT2D eigenvalue weighted by Gasteiger charge is 2.19. The van der Waals surface area contributed by atoms with Crippen molar-refractivity contribution in [2.45, 2.75) is 46.2 Å². The normalized spacial score (nSPS) is 17.8. The molecule has 0 atom stereocenters. The first-order valence-electron chi connectivity index (χ1n) is 7.01. The van der Waals surface area contributed by atoms with E-state index in [0.717, 1.165) is 12.5 Å². The molecular formula is C14H25N3S. The van der Waals surface area contributed by atoms with Gasteiger partial charge >= 0.3 is 0 Å². The standard InChI is InChI=1S/C14H25N3S/c1-11(2)17(8-13-4-6-15-7-5-13)9-14-10-18-12(3)16-14/h10-11,13,15H,4-9H2,1-3H3. The summed E-state index contributed by atoms with van der Waals surface area (Å²) in [6, 6.07) is 0.599. The Balaban J connectivity index is 1.90. The number of rotatable bonds is 5. The topological polar surface area (TPSA) is 28.2 Å². The molecule has 0 bridgehead atoms. The molecule has 3 nitrogen and oxygen atoms in total. The van der Waals surface area contributed by atoms with Gasteiger partial charge in [0, 0.05) is 24.5 Å². The fraction of sp³-hybridized carbons (Fsp3) is 0.786. The van der Waals surface area contributed by atoms with Gasteiger partial charge in [-0.15, -0.1) is 11.3 Å². The molecule has 4 heteroatoms. The molecule has 1 aliphatic heterocycles. The Kier molecular flexibility index (Phi) is 5.15. The van der Waals surface area contributed by atoms with Crippen LogP contribution in [0.4, 0.5) is 0 Å². The van der Waals surface area contributed by atoms with Crippen LogP contribution in [0.1, 0.15) is 37.4 Å². The van der Waals surface area contributed by atoms with E-state index in [0.29, 0.717) is 6.04 Å². The Labute approximate surface area is 115 Å². The van der Waals surface area contributed by atoms with Crippen molar-refractivity contribution in [2.24, 2.45) is 5.92 Å². The van der Waals surface area contributed by atoms with Crippen LogP contribution in [0.25, 0.3) is 0 Å². The summed E-state index contributed by atoms with van der Waals surface area (Å²) in [5.74, 6) is 0.855. The molecule has 0 amide bonds. The molecule has 2 rings (SSSR count). The lowest BCUT2D eigenvalue weighted by Crippen LogP contribution is -2.39. The zero-order chi connectivity index (χ0) is 13.0. The highest BCUT2D eigenvalue weighted by atomic mass is 32.1. The molecule has 0 saturated carbocycles. The number of nitrogens with zero attached hydrogens (tertiary/aromatic N) is 2. The number of thiazole rings is 1. The van der Waals surface area contributed by atoms with E-state index in [1.165, 1.54) is 43.2 Å². The van der Waals surface area contributed by atoms with Crippen molar-refractivity contribution in [1.82, 2.24) is 15.2 Å². The van der Waals surface area contributed by atoms with Crippen LogP contribution in [-0.2, 0) is 6.54 Å². The molecule has 0 aromatic carbocycles. The summed E-state index contributed by atoms with van der Waals surface area (Å²) < 4.78 is 0. The first-order valence-corrected chi connectivity index (χ1v) is 7.89. The minimum atomic E-state index is 0.599. The molecule has 0 radical (unpaired) electrons. The molecule has 0 spiro atoms. The Bertz CT molecular complexity index is 356. The fourth-order valence-electron chi connectivity index (χ4n) is 2.54. The molecule has 1 aromatic rings. The van der Waals surface area contributed by atoms with E-state index in [2.05, 4.69) is 41.4 Å². The van der Waals surface area contributed by atoms with Crippen molar-refractivity contribution in [3.63, 3.8) is 0 Å². The summed E-state index contributed by atoms with van der Waals surface area (Å²) in [4.78, 5) is 7.16. The van der Waals surface area contributed by atoms with E-state index in [1.807, 2.05) is 0 Å². The van der Waals surface area contributed by atoms with Crippen LogP contribution in [0.2, 0.25) is 0 Å². The van der Waals surface area contributed by atoms with Crippen molar-refractivity contribution in [1.29, 1.82) is 0 Å². The van der Waals surface area contributed by atoms with Crippen LogP contribution < -0.4 is 5.32 Å². The first-order chi connectivity index (χ1) is 8.65. The van der Waals surface area contributed by atoms with Crippen LogP contribution in [0.15, 0.2) is 5.38 Å². The number of nitrogens with one attached hydrogen (secondary N) is 1. The molecule has 102 valence electrons. The Morgan fingerprint density at radius 1 is 1.44 bits per heavy atom. The molecule has 0 unspecified atom stereocenters. The third kappa shape index (κ3) is 4.04. The molecule has 2 heterocycles. The highest BCUT2D eigenvalue weighted by molar-refractivity contribution is 7.09. The van der Waals surface area contributed by atoms with Gasteiger partial charge in [0.2, 0.25) is 0 Å². The monoisotopic (exact) mass is 267 g/mol. The number of piperidine rings is 1. The predicted octanol–water partition coefficient (Wildman–Crippen LogP) is 2.66. The van der Waals surface area contributed by atoms with Gasteiger partial charge in [-0.25, -0.2) is 4.98 Å². The fourth-order valence-corrected chi connectivity index (χ4v) is 3.15. The van der Waals surface area contributed by atoms with Crippen molar-refractivity contribution in [2.75, 3.05) is 19.6 Å². The van der Waals surface area contributed by atoms with E-state index in [1.54, 1.807) is 11.3 Å². The molecule has 1 N–H and O–H groups in total. The van der Waals surface area contributed by atoms with Crippen LogP contribution in [0.3, 0.4) is 0 Å². The quantitative estimate of drug-likeness (QED) is 0.889. The van der Waals surface area contributed by atoms with E-state index < -0.39 is 0 Å². The van der Waals surface area contributed by atoms with Gasteiger partial charge in [-0.3, -0.25) is 4.90 Å². The Hall–Kier alpha value is -0.450. The van der Waals surface area contributed by atoms with Gasteiger partial charge in [0.25, 0.3) is 0 Å². The summed E-state index contributed by atoms with van der Waals surface area (Å²) >= 11 is 1.76. The Morgan fingerprint density at radius 2 is 2.17 bits per heavy atom. The van der Waals surface area contributed by atoms with E-state index in [9.17, 15) is 0 Å². The van der Waals surface area contributed by atoms with Gasteiger partial charge in [0.05, 0.1) is 10.7 Å². The van der Waals surface area contributed by atoms with Gasteiger partial charge < -0.3 is 5.32 Å². The van der Waals surface area contributed by atoms with Crippen molar-refractivity contribution < 1.29 is 0 Å². The molecule has 1 aliphatic rings. The summed E-state index contributed by atoms with van der Waals surface area (Å²) in [5, 5.41) is 6.82. The van der Waals surface area contributed by atoms with Crippen LogP contribution in [0.5, 0.6) is 0 Å². The average Bonchev–Trinajstić information content (AvgIpc) is 2.75. The van der Waals surface area contributed by atoms with Crippen molar-refractivity contribution in [3.05, 3.63) is 16.1 Å². The third-order valence-corrected chi connectivity index (χ3v) is 4.54. The van der Waals surface area contributed by atoms with E-state index in [-0.39, 0.29) is 0 Å². The number of hydrogen-bond donors (Lipinski definition) is 1. The summed E-state index contributed by atoms with van der Waals surface area (Å²) in [6.07, 6.45) is 2.64. The van der Waals surface area contributed by atoms with Crippen LogP contribution in [0, 0.1) is 12.8 Å². The van der Waals surface area contributed by atoms with Gasteiger partial charge in [0.1, 0.15) is 0 Å². The lowest BCUT2D eigenvalue weighted by Gasteiger charge is -2.32. The summed E-state index contributed by atoms with van der Waals surface area (Å²) in [6.45, 7) is 11.3. The molecule has 0 aliphatic carbocycles. The number of aromatic nitrogens is 1. The minimum Gasteiger partial charge on any atom is -0.317 e. The largest absolute Gasteiger partial charge is 0.317 e. The summed E-state index contributed by atoms with van der Waals surface area (Å²) in [5.41, 5.74) is 1.24. The van der Waals surface area contributed by atoms with Gasteiger partial charge in [-0.2, -0.15) is 0 Å². The first kappa shape index (κ1) is 14.0. The highest BCUT2D eigenvalue weighted by Crippen LogP contribution is 2.18. The van der Waals surface area contributed by atoms with Crippen LogP contribution >= 0.6 is 11.3 Å². The maximum atomic E-state index is 4.59. The van der Waals surface area contributed by atoms with Gasteiger partial charge in [-0.1, -0.05) is 0 Å². The van der Waals surface area contributed by atoms with E-state index in [4.69, 9.17) is 0 Å². The van der Waals surface area contributed by atoms with Gasteiger partial charge in [0.15, 0.2) is 0 Å². The molecule has 1 aromatic heterocycles. The summed E-state index contributed by atoms with van der Waals surface area (Å²) in [7, 11) is 0. The predicted molar refractivity (Wildman–Crippen MR) is 78.0 cm³/mol. The maximum Gasteiger partial charge on any atom is 0.0897 e. The van der Waals surface area contributed by atoms with Crippen LogP contribution in [-0.4, -0.2) is 35.6 Å². The van der Waals surface area contributed by atoms with Crippen molar-refractivity contribution in [3.8, 4) is 0 Å². The zero-order valence-corrected chi connectivity index (χ0v) is 12.6. The molecule has 1 saturated heterocycles. The Morgan fingerprint density at radius 3 is 2.72 bits per heavy atom. The van der Waals surface area contributed by atoms with E-state index >= 15 is 0 Å². The second-order valence-corrected chi connectivity index (χ2v) is 6.64. The SMILES string of the molecule is Cc1nc(CN(CC2CCNCC2)C(C)C)cs1. The number of hydrogen-bond acceptors (Lipinski definition) is 4. The van der Waals surface area contributed by atoms with Gasteiger partial charge in [-0.05, 0) is 52.6 Å². The second kappa shape index (κ2) is 6.64. The second-order valence-electron chi connectivity index (χ2n) is 5.57. The lowest BCUT2D eigenvalue weighted by atomic mass is 9.97. The smallest absolute Gasteiger partial charge is 0.0897 e. The maximum absolute atomic E-state index is 4.59. The van der Waals surface area contributed by atoms with Crippen molar-refractivity contribution >= 4 is 11.3 Å². The zero-order valence-electron chi connectivity index (χ0n) is 11.8. The lowest BCUT2D eigenvalue weighted by molar-refractivity contribution is 0.160.